The van der Waals surface area contributed by atoms with Gasteiger partial charge in [0, 0.05) is 25.1 Å². The highest BCUT2D eigenvalue weighted by Gasteiger charge is 2.16. The van der Waals surface area contributed by atoms with Gasteiger partial charge in [-0.15, -0.1) is 0 Å². The number of imidazole rings is 1. The summed E-state index contributed by atoms with van der Waals surface area (Å²) in [7, 11) is 1.74. The van der Waals surface area contributed by atoms with Crippen LogP contribution in [-0.2, 0) is 4.74 Å². The summed E-state index contributed by atoms with van der Waals surface area (Å²) >= 11 is 2.09. The van der Waals surface area contributed by atoms with Gasteiger partial charge in [0.2, 0.25) is 5.95 Å². The molecule has 0 spiro atoms. The van der Waals surface area contributed by atoms with Gasteiger partial charge in [-0.1, -0.05) is 6.42 Å². The standard InChI is InChI=1S/C14H25N3OS/c1-11-9-17(12(2)10-18-3)14(16-11)15-8-13-6-4-5-7-19-13/h9,12-13H,4-8,10H2,1-3H3,(H,15,16). The molecule has 2 rings (SSSR count). The summed E-state index contributed by atoms with van der Waals surface area (Å²) in [4.78, 5) is 4.59. The maximum atomic E-state index is 5.24. The van der Waals surface area contributed by atoms with Crippen molar-refractivity contribution < 1.29 is 4.74 Å². The minimum absolute atomic E-state index is 0.313. The van der Waals surface area contributed by atoms with Crippen LogP contribution >= 0.6 is 11.8 Å². The van der Waals surface area contributed by atoms with E-state index in [1.54, 1.807) is 7.11 Å². The molecule has 19 heavy (non-hydrogen) atoms. The van der Waals surface area contributed by atoms with Crippen molar-refractivity contribution in [3.63, 3.8) is 0 Å². The zero-order valence-corrected chi connectivity index (χ0v) is 13.0. The van der Waals surface area contributed by atoms with Crippen LogP contribution in [0.15, 0.2) is 6.20 Å². The van der Waals surface area contributed by atoms with Crippen LogP contribution in [0.1, 0.15) is 37.9 Å². The number of hydrogen-bond donors (Lipinski definition) is 1. The third-order valence-corrected chi connectivity index (χ3v) is 4.90. The Morgan fingerprint density at radius 2 is 2.42 bits per heavy atom. The van der Waals surface area contributed by atoms with Crippen LogP contribution in [0, 0.1) is 6.92 Å². The quantitative estimate of drug-likeness (QED) is 0.871. The lowest BCUT2D eigenvalue weighted by atomic mass is 10.2. The van der Waals surface area contributed by atoms with Crippen LogP contribution in [0.4, 0.5) is 5.95 Å². The number of nitrogens with one attached hydrogen (secondary N) is 1. The van der Waals surface area contributed by atoms with E-state index in [0.717, 1.165) is 23.4 Å². The largest absolute Gasteiger partial charge is 0.383 e. The average Bonchev–Trinajstić information content (AvgIpc) is 2.79. The van der Waals surface area contributed by atoms with Crippen LogP contribution in [-0.4, -0.2) is 40.8 Å². The normalized spacial score (nSPS) is 21.3. The molecule has 1 aliphatic heterocycles. The van der Waals surface area contributed by atoms with E-state index in [1.807, 2.05) is 6.92 Å². The number of hydrogen-bond acceptors (Lipinski definition) is 4. The fraction of sp³-hybridized carbons (Fsp3) is 0.786. The fourth-order valence-corrected chi connectivity index (χ4v) is 3.72. The minimum atomic E-state index is 0.313. The number of anilines is 1. The van der Waals surface area contributed by atoms with Gasteiger partial charge in [0.1, 0.15) is 0 Å². The molecule has 0 aromatic carbocycles. The molecular weight excluding hydrogens is 258 g/mol. The summed E-state index contributed by atoms with van der Waals surface area (Å²) in [5, 5.41) is 4.25. The van der Waals surface area contributed by atoms with E-state index in [1.165, 1.54) is 25.0 Å². The van der Waals surface area contributed by atoms with E-state index in [9.17, 15) is 0 Å². The predicted octanol–water partition coefficient (Wildman–Crippen LogP) is 3.10. The highest BCUT2D eigenvalue weighted by molar-refractivity contribution is 7.99. The molecule has 0 amide bonds. The van der Waals surface area contributed by atoms with Gasteiger partial charge in [0.25, 0.3) is 0 Å². The first-order valence-corrected chi connectivity index (χ1v) is 8.15. The molecule has 1 fully saturated rings. The van der Waals surface area contributed by atoms with Gasteiger partial charge < -0.3 is 14.6 Å². The van der Waals surface area contributed by atoms with Crippen molar-refractivity contribution in [1.82, 2.24) is 9.55 Å². The SMILES string of the molecule is COCC(C)n1cc(C)nc1NCC1CCCCS1. The van der Waals surface area contributed by atoms with Crippen LogP contribution in [0.25, 0.3) is 0 Å². The maximum absolute atomic E-state index is 5.24. The van der Waals surface area contributed by atoms with E-state index < -0.39 is 0 Å². The van der Waals surface area contributed by atoms with E-state index in [4.69, 9.17) is 4.74 Å². The third-order valence-electron chi connectivity index (χ3n) is 3.50. The van der Waals surface area contributed by atoms with E-state index >= 15 is 0 Å². The molecule has 0 saturated carbocycles. The lowest BCUT2D eigenvalue weighted by Gasteiger charge is -2.22. The first-order valence-electron chi connectivity index (χ1n) is 7.10. The summed E-state index contributed by atoms with van der Waals surface area (Å²) in [5.74, 6) is 2.29. The molecule has 2 unspecified atom stereocenters. The zero-order valence-electron chi connectivity index (χ0n) is 12.2. The molecule has 4 nitrogen and oxygen atoms in total. The van der Waals surface area contributed by atoms with Crippen molar-refractivity contribution in [2.24, 2.45) is 0 Å². The number of aryl methyl sites for hydroxylation is 1. The number of thioether (sulfide) groups is 1. The highest BCUT2D eigenvalue weighted by atomic mass is 32.2. The third kappa shape index (κ3) is 4.14. The van der Waals surface area contributed by atoms with Crippen molar-refractivity contribution in [3.8, 4) is 0 Å². The Kier molecular flexibility index (Phi) is 5.58. The maximum Gasteiger partial charge on any atom is 0.203 e. The van der Waals surface area contributed by atoms with Gasteiger partial charge in [0.15, 0.2) is 0 Å². The van der Waals surface area contributed by atoms with Crippen LogP contribution in [0.2, 0.25) is 0 Å². The van der Waals surface area contributed by atoms with Crippen LogP contribution in [0.5, 0.6) is 0 Å². The lowest BCUT2D eigenvalue weighted by Crippen LogP contribution is -2.22. The number of rotatable bonds is 6. The van der Waals surface area contributed by atoms with Gasteiger partial charge in [-0.3, -0.25) is 0 Å². The molecule has 108 valence electrons. The van der Waals surface area contributed by atoms with Gasteiger partial charge in [-0.25, -0.2) is 4.98 Å². The Labute approximate surface area is 120 Å². The zero-order chi connectivity index (χ0) is 13.7. The van der Waals surface area contributed by atoms with Crippen molar-refractivity contribution >= 4 is 17.7 Å². The van der Waals surface area contributed by atoms with E-state index in [2.05, 4.69) is 39.8 Å². The second-order valence-electron chi connectivity index (χ2n) is 5.29. The first-order chi connectivity index (χ1) is 9.20. The molecular formula is C14H25N3OS. The average molecular weight is 283 g/mol. The summed E-state index contributed by atoms with van der Waals surface area (Å²) in [6.45, 7) is 5.92. The van der Waals surface area contributed by atoms with Crippen molar-refractivity contribution in [2.45, 2.75) is 44.4 Å². The topological polar surface area (TPSA) is 39.1 Å². The van der Waals surface area contributed by atoms with Crippen molar-refractivity contribution in [1.29, 1.82) is 0 Å². The molecule has 1 aromatic heterocycles. The molecule has 2 heterocycles. The molecule has 0 radical (unpaired) electrons. The van der Waals surface area contributed by atoms with Crippen molar-refractivity contribution in [3.05, 3.63) is 11.9 Å². The molecule has 0 aliphatic carbocycles. The molecule has 1 aromatic rings. The molecule has 5 heteroatoms. The number of aromatic nitrogens is 2. The Morgan fingerprint density at radius 1 is 1.58 bits per heavy atom. The van der Waals surface area contributed by atoms with Crippen molar-refractivity contribution in [2.75, 3.05) is 31.3 Å². The van der Waals surface area contributed by atoms with Gasteiger partial charge in [0.05, 0.1) is 18.3 Å². The summed E-state index contributed by atoms with van der Waals surface area (Å²) in [6.07, 6.45) is 6.16. The Bertz CT molecular complexity index is 388. The second kappa shape index (κ2) is 7.20. The van der Waals surface area contributed by atoms with E-state index in [0.29, 0.717) is 12.6 Å². The summed E-state index contributed by atoms with van der Waals surface area (Å²) in [5.41, 5.74) is 1.06. The molecule has 2 atom stereocenters. The smallest absolute Gasteiger partial charge is 0.203 e. The summed E-state index contributed by atoms with van der Waals surface area (Å²) in [6, 6.07) is 0.313. The predicted molar refractivity (Wildman–Crippen MR) is 82.1 cm³/mol. The molecule has 0 bridgehead atoms. The van der Waals surface area contributed by atoms with Gasteiger partial charge >= 0.3 is 0 Å². The van der Waals surface area contributed by atoms with Gasteiger partial charge in [-0.2, -0.15) is 11.8 Å². The summed E-state index contributed by atoms with van der Waals surface area (Å²) < 4.78 is 7.42. The van der Waals surface area contributed by atoms with E-state index in [-0.39, 0.29) is 0 Å². The van der Waals surface area contributed by atoms with Crippen LogP contribution in [0.3, 0.4) is 0 Å². The highest BCUT2D eigenvalue weighted by Crippen LogP contribution is 2.25. The monoisotopic (exact) mass is 283 g/mol. The number of nitrogens with zero attached hydrogens (tertiary/aromatic N) is 2. The minimum Gasteiger partial charge on any atom is -0.383 e. The number of ether oxygens (including phenoxy) is 1. The molecule has 1 saturated heterocycles. The van der Waals surface area contributed by atoms with Gasteiger partial charge in [-0.05, 0) is 32.4 Å². The fourth-order valence-electron chi connectivity index (χ4n) is 2.48. The first kappa shape index (κ1) is 14.7. The lowest BCUT2D eigenvalue weighted by molar-refractivity contribution is 0.163. The van der Waals surface area contributed by atoms with Crippen LogP contribution < -0.4 is 5.32 Å². The number of methoxy groups -OCH3 is 1. The molecule has 1 aliphatic rings. The Morgan fingerprint density at radius 3 is 3.11 bits per heavy atom. The second-order valence-corrected chi connectivity index (χ2v) is 6.70. The molecule has 1 N–H and O–H groups in total. The Hall–Kier alpha value is -0.680. The Balaban J connectivity index is 1.94.